The molecule has 0 aromatic rings. The van der Waals surface area contributed by atoms with Crippen LogP contribution in [0, 0.1) is 0 Å². The monoisotopic (exact) mass is 314 g/mol. The summed E-state index contributed by atoms with van der Waals surface area (Å²) < 4.78 is 5.30. The zero-order valence-corrected chi connectivity index (χ0v) is 13.8. The van der Waals surface area contributed by atoms with E-state index >= 15 is 0 Å². The molecule has 2 rings (SSSR count). The summed E-state index contributed by atoms with van der Waals surface area (Å²) >= 11 is 5.06. The van der Waals surface area contributed by atoms with Crippen LogP contribution in [0.1, 0.15) is 13.8 Å². The number of piperazine rings is 1. The molecule has 0 saturated carbocycles. The lowest BCUT2D eigenvalue weighted by atomic mass is 10.1. The summed E-state index contributed by atoms with van der Waals surface area (Å²) in [6.45, 7) is 10.3. The number of morpholine rings is 1. The van der Waals surface area contributed by atoms with Crippen LogP contribution in [0.5, 0.6) is 0 Å². The van der Waals surface area contributed by atoms with Crippen LogP contribution in [0.4, 0.5) is 0 Å². The lowest BCUT2D eigenvalue weighted by Crippen LogP contribution is -2.58. The Morgan fingerprint density at radius 3 is 1.95 bits per heavy atom. The summed E-state index contributed by atoms with van der Waals surface area (Å²) in [4.78, 5) is 19.5. The molecule has 7 heteroatoms. The molecular formula is C14H26N4O2S. The summed E-state index contributed by atoms with van der Waals surface area (Å²) in [5, 5.41) is 0. The minimum Gasteiger partial charge on any atom is -0.392 e. The van der Waals surface area contributed by atoms with Crippen molar-refractivity contribution in [1.82, 2.24) is 14.7 Å². The number of thiocarbonyl (C=S) groups is 1. The van der Waals surface area contributed by atoms with Gasteiger partial charge in [0.25, 0.3) is 0 Å². The Balaban J connectivity index is 1.83. The van der Waals surface area contributed by atoms with E-state index in [0.717, 1.165) is 26.2 Å². The summed E-state index contributed by atoms with van der Waals surface area (Å²) in [6.07, 6.45) is 0. The number of carbonyl (C=O) groups is 1. The summed E-state index contributed by atoms with van der Waals surface area (Å²) in [5.74, 6) is 0.217. The molecule has 21 heavy (non-hydrogen) atoms. The van der Waals surface area contributed by atoms with Crippen molar-refractivity contribution in [3.63, 3.8) is 0 Å². The van der Waals surface area contributed by atoms with Gasteiger partial charge in [-0.2, -0.15) is 0 Å². The smallest absolute Gasteiger partial charge is 0.239 e. The highest BCUT2D eigenvalue weighted by atomic mass is 32.1. The molecule has 0 aliphatic carbocycles. The molecule has 2 aliphatic heterocycles. The van der Waals surface area contributed by atoms with Gasteiger partial charge in [-0.1, -0.05) is 12.2 Å². The first-order valence-corrected chi connectivity index (χ1v) is 8.05. The van der Waals surface area contributed by atoms with E-state index in [1.807, 2.05) is 18.7 Å². The van der Waals surface area contributed by atoms with Crippen LogP contribution in [0.25, 0.3) is 0 Å². The van der Waals surface area contributed by atoms with Gasteiger partial charge in [-0.05, 0) is 13.8 Å². The minimum absolute atomic E-state index is 0.0645. The molecule has 2 heterocycles. The van der Waals surface area contributed by atoms with Crippen molar-refractivity contribution in [2.24, 2.45) is 5.73 Å². The number of hydrogen-bond acceptors (Lipinski definition) is 5. The third-order valence-electron chi connectivity index (χ3n) is 4.54. The normalized spacial score (nSPS) is 24.6. The first-order chi connectivity index (χ1) is 10.0. The highest BCUT2D eigenvalue weighted by molar-refractivity contribution is 7.80. The van der Waals surface area contributed by atoms with Gasteiger partial charge >= 0.3 is 0 Å². The van der Waals surface area contributed by atoms with Crippen molar-refractivity contribution in [2.45, 2.75) is 25.9 Å². The number of carbonyl (C=O) groups excluding carboxylic acids is 1. The highest BCUT2D eigenvalue weighted by Crippen LogP contribution is 2.12. The maximum absolute atomic E-state index is 12.5. The van der Waals surface area contributed by atoms with Gasteiger partial charge in [-0.3, -0.25) is 14.6 Å². The zero-order valence-electron chi connectivity index (χ0n) is 13.0. The quantitative estimate of drug-likeness (QED) is 0.708. The topological polar surface area (TPSA) is 62.0 Å². The van der Waals surface area contributed by atoms with Crippen LogP contribution in [-0.2, 0) is 9.53 Å². The van der Waals surface area contributed by atoms with Gasteiger partial charge in [0.15, 0.2) is 0 Å². The van der Waals surface area contributed by atoms with Crippen LogP contribution >= 0.6 is 12.2 Å². The van der Waals surface area contributed by atoms with Crippen molar-refractivity contribution < 1.29 is 9.53 Å². The van der Waals surface area contributed by atoms with Crippen molar-refractivity contribution in [3.8, 4) is 0 Å². The first kappa shape index (κ1) is 16.6. The molecule has 2 fully saturated rings. The van der Waals surface area contributed by atoms with Crippen molar-refractivity contribution in [2.75, 3.05) is 52.5 Å². The van der Waals surface area contributed by atoms with Gasteiger partial charge in [0.05, 0.1) is 30.3 Å². The van der Waals surface area contributed by atoms with Gasteiger partial charge in [0.1, 0.15) is 0 Å². The van der Waals surface area contributed by atoms with Gasteiger partial charge in [-0.25, -0.2) is 0 Å². The average molecular weight is 314 g/mol. The lowest BCUT2D eigenvalue weighted by molar-refractivity contribution is -0.141. The van der Waals surface area contributed by atoms with Crippen LogP contribution < -0.4 is 5.73 Å². The van der Waals surface area contributed by atoms with Gasteiger partial charge < -0.3 is 15.4 Å². The third kappa shape index (κ3) is 4.12. The molecule has 2 atom stereocenters. The fourth-order valence-electron chi connectivity index (χ4n) is 2.90. The van der Waals surface area contributed by atoms with E-state index in [1.165, 1.54) is 0 Å². The lowest BCUT2D eigenvalue weighted by Gasteiger charge is -2.41. The van der Waals surface area contributed by atoms with Gasteiger partial charge in [-0.15, -0.1) is 0 Å². The van der Waals surface area contributed by atoms with Gasteiger partial charge in [0.2, 0.25) is 5.91 Å². The Labute approximate surface area is 132 Å². The zero-order chi connectivity index (χ0) is 15.4. The van der Waals surface area contributed by atoms with Crippen LogP contribution in [0.15, 0.2) is 0 Å². The number of hydrogen-bond donors (Lipinski definition) is 1. The molecule has 2 aliphatic rings. The molecule has 0 radical (unpaired) electrons. The number of nitrogens with two attached hydrogens (primary N) is 1. The Morgan fingerprint density at radius 1 is 1.00 bits per heavy atom. The predicted molar refractivity (Wildman–Crippen MR) is 86.3 cm³/mol. The maximum atomic E-state index is 12.5. The Bertz CT molecular complexity index is 379. The van der Waals surface area contributed by atoms with Gasteiger partial charge in [0, 0.05) is 39.3 Å². The summed E-state index contributed by atoms with van der Waals surface area (Å²) in [6, 6.07) is 0.0674. The molecule has 6 nitrogen and oxygen atoms in total. The number of nitrogens with zero attached hydrogens (tertiary/aromatic N) is 3. The SMILES string of the molecule is CC(C(=O)N1CCOCC1)N1CCN(C(C)C(N)=S)CC1. The maximum Gasteiger partial charge on any atom is 0.239 e. The minimum atomic E-state index is -0.0645. The molecular weight excluding hydrogens is 288 g/mol. The molecule has 1 amide bonds. The van der Waals surface area contributed by atoms with Crippen molar-refractivity contribution >= 4 is 23.1 Å². The van der Waals surface area contributed by atoms with Crippen LogP contribution in [0.3, 0.4) is 0 Å². The molecule has 2 saturated heterocycles. The van der Waals surface area contributed by atoms with E-state index < -0.39 is 0 Å². The third-order valence-corrected chi connectivity index (χ3v) is 4.88. The molecule has 2 unspecified atom stereocenters. The summed E-state index contributed by atoms with van der Waals surface area (Å²) in [7, 11) is 0. The Kier molecular flexibility index (Phi) is 5.92. The second-order valence-electron chi connectivity index (χ2n) is 5.76. The van der Waals surface area contributed by atoms with Crippen LogP contribution in [-0.4, -0.2) is 90.2 Å². The summed E-state index contributed by atoms with van der Waals surface area (Å²) in [5.41, 5.74) is 5.71. The van der Waals surface area contributed by atoms with Crippen molar-refractivity contribution in [3.05, 3.63) is 0 Å². The first-order valence-electron chi connectivity index (χ1n) is 7.64. The molecule has 0 aromatic carbocycles. The fourth-order valence-corrected chi connectivity index (χ4v) is 3.05. The second kappa shape index (κ2) is 7.49. The number of rotatable bonds is 4. The highest BCUT2D eigenvalue weighted by Gasteiger charge is 2.30. The van der Waals surface area contributed by atoms with E-state index in [0.29, 0.717) is 31.3 Å². The largest absolute Gasteiger partial charge is 0.392 e. The van der Waals surface area contributed by atoms with E-state index in [9.17, 15) is 4.79 Å². The fraction of sp³-hybridized carbons (Fsp3) is 0.857. The Morgan fingerprint density at radius 2 is 1.48 bits per heavy atom. The van der Waals surface area contributed by atoms with E-state index in [4.69, 9.17) is 22.7 Å². The Hall–Kier alpha value is -0.760. The molecule has 2 N–H and O–H groups in total. The molecule has 120 valence electrons. The number of ether oxygens (including phenoxy) is 1. The van der Waals surface area contributed by atoms with E-state index in [2.05, 4.69) is 9.80 Å². The number of amides is 1. The van der Waals surface area contributed by atoms with E-state index in [-0.39, 0.29) is 18.0 Å². The van der Waals surface area contributed by atoms with E-state index in [1.54, 1.807) is 0 Å². The molecule has 0 spiro atoms. The standard InChI is InChI=1S/C14H26N4O2S/c1-11(13(15)21)16-3-5-17(6-4-16)12(2)14(19)18-7-9-20-10-8-18/h11-12H,3-10H2,1-2H3,(H2,15,21). The second-order valence-corrected chi connectivity index (χ2v) is 6.24. The van der Waals surface area contributed by atoms with Crippen LogP contribution in [0.2, 0.25) is 0 Å². The van der Waals surface area contributed by atoms with Crippen molar-refractivity contribution in [1.29, 1.82) is 0 Å². The average Bonchev–Trinajstić information content (AvgIpc) is 2.53. The molecule has 0 bridgehead atoms. The molecule has 0 aromatic heterocycles. The predicted octanol–water partition coefficient (Wildman–Crippen LogP) is -0.474.